The highest BCUT2D eigenvalue weighted by Gasteiger charge is 2.20. The fourth-order valence-electron chi connectivity index (χ4n) is 1.94. The lowest BCUT2D eigenvalue weighted by Gasteiger charge is -2.25. The predicted octanol–water partition coefficient (Wildman–Crippen LogP) is 1.16. The zero-order valence-electron chi connectivity index (χ0n) is 10.1. The number of nitrogens with one attached hydrogen (secondary N) is 2. The van der Waals surface area contributed by atoms with Gasteiger partial charge in [-0.05, 0) is 25.3 Å². The molecule has 1 saturated heterocycles. The third kappa shape index (κ3) is 2.77. The first-order valence-electron chi connectivity index (χ1n) is 5.99. The molecular formula is C12H16N4O2. The molecule has 1 aromatic rings. The number of aromatic nitrogens is 2. The van der Waals surface area contributed by atoms with Crippen LogP contribution in [0.1, 0.15) is 29.8 Å². The van der Waals surface area contributed by atoms with E-state index in [4.69, 9.17) is 0 Å². The molecule has 1 aliphatic rings. The Hall–Kier alpha value is -2.11. The Bertz CT molecular complexity index is 460. The van der Waals surface area contributed by atoms with E-state index < -0.39 is 0 Å². The van der Waals surface area contributed by atoms with E-state index in [-0.39, 0.29) is 11.8 Å². The second kappa shape index (κ2) is 5.48. The van der Waals surface area contributed by atoms with E-state index in [2.05, 4.69) is 22.1 Å². The number of H-pyrrole nitrogens is 1. The Kier molecular flexibility index (Phi) is 3.76. The lowest BCUT2D eigenvalue weighted by atomic mass is 10.1. The second-order valence-corrected chi connectivity index (χ2v) is 4.21. The lowest BCUT2D eigenvalue weighted by molar-refractivity contribution is -0.111. The van der Waals surface area contributed by atoms with Gasteiger partial charge in [-0.1, -0.05) is 6.58 Å². The van der Waals surface area contributed by atoms with Crippen molar-refractivity contribution in [2.45, 2.75) is 19.3 Å². The number of hydrogen-bond donors (Lipinski definition) is 2. The molecule has 6 heteroatoms. The number of rotatable bonds is 3. The van der Waals surface area contributed by atoms with Crippen LogP contribution in [0, 0.1) is 0 Å². The Morgan fingerprint density at radius 3 is 2.78 bits per heavy atom. The van der Waals surface area contributed by atoms with Gasteiger partial charge >= 0.3 is 0 Å². The van der Waals surface area contributed by atoms with E-state index in [0.717, 1.165) is 32.0 Å². The third-order valence-corrected chi connectivity index (χ3v) is 2.89. The number of anilines is 1. The molecule has 0 bridgehead atoms. The summed E-state index contributed by atoms with van der Waals surface area (Å²) in [6.07, 6.45) is 4.41. The van der Waals surface area contributed by atoms with Crippen LogP contribution < -0.4 is 5.32 Å². The first kappa shape index (κ1) is 12.3. The van der Waals surface area contributed by atoms with Crippen LogP contribution in [0.15, 0.2) is 18.7 Å². The number of piperidine rings is 1. The van der Waals surface area contributed by atoms with Crippen LogP contribution in [0.2, 0.25) is 0 Å². The van der Waals surface area contributed by atoms with Crippen molar-refractivity contribution in [3.63, 3.8) is 0 Å². The molecule has 2 amide bonds. The Balaban J connectivity index is 2.02. The first-order chi connectivity index (χ1) is 8.70. The molecular weight excluding hydrogens is 232 g/mol. The number of carbonyl (C=O) groups excluding carboxylic acids is 2. The van der Waals surface area contributed by atoms with E-state index in [0.29, 0.717) is 11.5 Å². The van der Waals surface area contributed by atoms with Gasteiger partial charge in [-0.3, -0.25) is 14.7 Å². The van der Waals surface area contributed by atoms with Gasteiger partial charge in [0, 0.05) is 19.2 Å². The van der Waals surface area contributed by atoms with Gasteiger partial charge in [0.05, 0.1) is 0 Å². The number of carbonyl (C=O) groups is 2. The summed E-state index contributed by atoms with van der Waals surface area (Å²) in [4.78, 5) is 25.0. The summed E-state index contributed by atoms with van der Waals surface area (Å²) in [6, 6.07) is 1.54. The standard InChI is InChI=1S/C12H16N4O2/c1-2-11(17)13-10-8-9(14-15-10)12(18)16-6-4-3-5-7-16/h2,8H,1,3-7H2,(H2,13,14,15,17). The van der Waals surface area contributed by atoms with Gasteiger partial charge < -0.3 is 10.2 Å². The zero-order chi connectivity index (χ0) is 13.0. The second-order valence-electron chi connectivity index (χ2n) is 4.21. The molecule has 0 atom stereocenters. The van der Waals surface area contributed by atoms with Crippen molar-refractivity contribution >= 4 is 17.6 Å². The lowest BCUT2D eigenvalue weighted by Crippen LogP contribution is -2.35. The highest BCUT2D eigenvalue weighted by molar-refractivity contribution is 5.99. The molecule has 18 heavy (non-hydrogen) atoms. The number of likely N-dealkylation sites (tertiary alicyclic amines) is 1. The van der Waals surface area contributed by atoms with Gasteiger partial charge in [0.25, 0.3) is 5.91 Å². The maximum atomic E-state index is 12.1. The molecule has 96 valence electrons. The highest BCUT2D eigenvalue weighted by Crippen LogP contribution is 2.13. The van der Waals surface area contributed by atoms with Crippen molar-refractivity contribution < 1.29 is 9.59 Å². The van der Waals surface area contributed by atoms with Gasteiger partial charge in [0.15, 0.2) is 5.82 Å². The summed E-state index contributed by atoms with van der Waals surface area (Å²) in [5.41, 5.74) is 0.399. The van der Waals surface area contributed by atoms with Crippen LogP contribution in [-0.4, -0.2) is 40.0 Å². The average molecular weight is 248 g/mol. The van der Waals surface area contributed by atoms with Gasteiger partial charge in [-0.2, -0.15) is 5.10 Å². The van der Waals surface area contributed by atoms with Gasteiger partial charge in [-0.15, -0.1) is 0 Å². The van der Waals surface area contributed by atoms with E-state index in [1.807, 2.05) is 0 Å². The van der Waals surface area contributed by atoms with Crippen molar-refractivity contribution in [1.29, 1.82) is 0 Å². The number of nitrogens with zero attached hydrogens (tertiary/aromatic N) is 2. The summed E-state index contributed by atoms with van der Waals surface area (Å²) in [5.74, 6) is -0.0833. The largest absolute Gasteiger partial charge is 0.337 e. The third-order valence-electron chi connectivity index (χ3n) is 2.89. The molecule has 0 aromatic carbocycles. The van der Waals surface area contributed by atoms with Crippen LogP contribution in [0.25, 0.3) is 0 Å². The van der Waals surface area contributed by atoms with Gasteiger partial charge in [0.1, 0.15) is 5.69 Å². The molecule has 0 spiro atoms. The molecule has 0 unspecified atom stereocenters. The van der Waals surface area contributed by atoms with Crippen LogP contribution >= 0.6 is 0 Å². The molecule has 2 heterocycles. The van der Waals surface area contributed by atoms with Crippen molar-refractivity contribution in [3.05, 3.63) is 24.4 Å². The van der Waals surface area contributed by atoms with E-state index >= 15 is 0 Å². The van der Waals surface area contributed by atoms with Crippen molar-refractivity contribution in [2.75, 3.05) is 18.4 Å². The monoisotopic (exact) mass is 248 g/mol. The van der Waals surface area contributed by atoms with Crippen molar-refractivity contribution in [2.24, 2.45) is 0 Å². The van der Waals surface area contributed by atoms with E-state index in [1.165, 1.54) is 6.42 Å². The van der Waals surface area contributed by atoms with Crippen molar-refractivity contribution in [3.8, 4) is 0 Å². The fourth-order valence-corrected chi connectivity index (χ4v) is 1.94. The van der Waals surface area contributed by atoms with E-state index in [9.17, 15) is 9.59 Å². The maximum absolute atomic E-state index is 12.1. The van der Waals surface area contributed by atoms with E-state index in [1.54, 1.807) is 11.0 Å². The molecule has 0 aliphatic carbocycles. The minimum atomic E-state index is -0.349. The molecule has 1 aromatic heterocycles. The molecule has 1 aliphatic heterocycles. The molecule has 0 saturated carbocycles. The van der Waals surface area contributed by atoms with Crippen molar-refractivity contribution in [1.82, 2.24) is 15.1 Å². The topological polar surface area (TPSA) is 78.1 Å². The molecule has 2 rings (SSSR count). The predicted molar refractivity (Wildman–Crippen MR) is 67.2 cm³/mol. The van der Waals surface area contributed by atoms with Crippen LogP contribution in [0.4, 0.5) is 5.82 Å². The van der Waals surface area contributed by atoms with Gasteiger partial charge in [-0.25, -0.2) is 0 Å². The Labute approximate surface area is 105 Å². The minimum absolute atomic E-state index is 0.0682. The normalized spacial score (nSPS) is 15.2. The SMILES string of the molecule is C=CC(=O)Nc1cc(C(=O)N2CCCCC2)[nH]n1. The Morgan fingerprint density at radius 1 is 1.39 bits per heavy atom. The summed E-state index contributed by atoms with van der Waals surface area (Å²) in [6.45, 7) is 4.91. The van der Waals surface area contributed by atoms with Crippen LogP contribution in [0.3, 0.4) is 0 Å². The highest BCUT2D eigenvalue weighted by atomic mass is 16.2. The molecule has 2 N–H and O–H groups in total. The summed E-state index contributed by atoms with van der Waals surface area (Å²) >= 11 is 0. The summed E-state index contributed by atoms with van der Waals surface area (Å²) in [5, 5.41) is 9.01. The molecule has 0 radical (unpaired) electrons. The summed E-state index contributed by atoms with van der Waals surface area (Å²) in [7, 11) is 0. The fraction of sp³-hybridized carbons (Fsp3) is 0.417. The number of hydrogen-bond acceptors (Lipinski definition) is 3. The number of aromatic amines is 1. The quantitative estimate of drug-likeness (QED) is 0.788. The average Bonchev–Trinajstić information content (AvgIpc) is 2.87. The maximum Gasteiger partial charge on any atom is 0.271 e. The molecule has 1 fully saturated rings. The zero-order valence-corrected chi connectivity index (χ0v) is 10.1. The minimum Gasteiger partial charge on any atom is -0.337 e. The molecule has 6 nitrogen and oxygen atoms in total. The number of amides is 2. The van der Waals surface area contributed by atoms with Gasteiger partial charge in [0.2, 0.25) is 5.91 Å². The smallest absolute Gasteiger partial charge is 0.271 e. The van der Waals surface area contributed by atoms with Crippen LogP contribution in [-0.2, 0) is 4.79 Å². The summed E-state index contributed by atoms with van der Waals surface area (Å²) < 4.78 is 0. The first-order valence-corrected chi connectivity index (χ1v) is 5.99. The van der Waals surface area contributed by atoms with Crippen LogP contribution in [0.5, 0.6) is 0 Å². The Morgan fingerprint density at radius 2 is 2.11 bits per heavy atom.